The van der Waals surface area contributed by atoms with E-state index in [-0.39, 0.29) is 66.8 Å². The van der Waals surface area contributed by atoms with E-state index in [9.17, 15) is 48.6 Å². The number of amides is 2. The number of rotatable bonds is 29. The first kappa shape index (κ1) is 73.0. The van der Waals surface area contributed by atoms with Crippen LogP contribution in [0, 0.1) is 17.8 Å². The number of ether oxygens (including phenoxy) is 4. The number of alkyl halides is 1. The van der Waals surface area contributed by atoms with E-state index in [2.05, 4.69) is 20.7 Å². The van der Waals surface area contributed by atoms with Crippen molar-refractivity contribution >= 4 is 83.2 Å². The molecule has 0 fully saturated rings. The number of carbonyl (C=O) groups excluding carboxylic acids is 6. The number of H-pyrrole nitrogens is 1. The Morgan fingerprint density at radius 1 is 0.659 bits per heavy atom. The van der Waals surface area contributed by atoms with E-state index < -0.39 is 86.2 Å². The Labute approximate surface area is 538 Å². The first-order chi connectivity index (χ1) is 43.3. The number of ketones is 1. The number of carboxylic acid groups (broad SMARTS) is 1. The molecule has 91 heavy (non-hydrogen) atoms. The molecular formula is C62H69BCl3N7O18. The predicted octanol–water partition coefficient (Wildman–Crippen LogP) is 7.28. The van der Waals surface area contributed by atoms with Crippen LogP contribution in [-0.4, -0.2) is 140 Å². The number of benzene rings is 5. The summed E-state index contributed by atoms with van der Waals surface area (Å²) in [5.41, 5.74) is 15.6. The van der Waals surface area contributed by atoms with Gasteiger partial charge in [-0.25, -0.2) is 19.6 Å². The summed E-state index contributed by atoms with van der Waals surface area (Å²) in [6.07, 6.45) is -3.04. The van der Waals surface area contributed by atoms with E-state index >= 15 is 0 Å². The number of hydrogen-bond acceptors (Lipinski definition) is 21. The molecule has 7 rings (SSSR count). The quantitative estimate of drug-likeness (QED) is 0.00434. The van der Waals surface area contributed by atoms with Crippen molar-refractivity contribution in [1.29, 1.82) is 0 Å². The van der Waals surface area contributed by atoms with Crippen molar-refractivity contribution in [2.24, 2.45) is 23.5 Å². The van der Waals surface area contributed by atoms with Crippen LogP contribution in [0.3, 0.4) is 0 Å². The molecular weight excluding hydrogens is 1250 g/mol. The van der Waals surface area contributed by atoms with Crippen molar-refractivity contribution in [3.05, 3.63) is 188 Å². The van der Waals surface area contributed by atoms with Crippen molar-refractivity contribution in [3.63, 3.8) is 0 Å². The van der Waals surface area contributed by atoms with E-state index in [1.165, 1.54) is 10.0 Å². The van der Waals surface area contributed by atoms with Gasteiger partial charge >= 0.3 is 35.7 Å². The molecule has 5 aromatic carbocycles. The summed E-state index contributed by atoms with van der Waals surface area (Å²) in [6.45, 7) is 6.84. The molecule has 2 heterocycles. The smallest absolute Gasteiger partial charge is 0.336 e. The zero-order chi connectivity index (χ0) is 66.7. The van der Waals surface area contributed by atoms with Gasteiger partial charge in [0.05, 0.1) is 31.1 Å². The number of carboxylic acids is 1. The van der Waals surface area contributed by atoms with Gasteiger partial charge in [-0.2, -0.15) is 5.16 Å². The zero-order valence-corrected chi connectivity index (χ0v) is 52.3. The highest BCUT2D eigenvalue weighted by Crippen LogP contribution is 2.26. The number of aliphatic carboxylic acids is 1. The van der Waals surface area contributed by atoms with Crippen LogP contribution in [0.2, 0.25) is 23.2 Å². The summed E-state index contributed by atoms with van der Waals surface area (Å²) in [5, 5.41) is 48.0. The minimum absolute atomic E-state index is 0.0649. The number of hydrazine groups is 2. The Hall–Kier alpha value is -8.70. The van der Waals surface area contributed by atoms with E-state index in [0.717, 1.165) is 45.5 Å². The molecule has 0 aliphatic heterocycles. The van der Waals surface area contributed by atoms with Crippen LogP contribution in [0.5, 0.6) is 5.88 Å². The van der Waals surface area contributed by atoms with Gasteiger partial charge in [0.1, 0.15) is 6.04 Å². The zero-order valence-electron chi connectivity index (χ0n) is 50.0. The minimum atomic E-state index is -1.77. The lowest BCUT2D eigenvalue weighted by molar-refractivity contribution is -0.154. The van der Waals surface area contributed by atoms with Crippen molar-refractivity contribution in [3.8, 4) is 28.1 Å². The van der Waals surface area contributed by atoms with E-state index in [1.807, 2.05) is 91.8 Å². The molecule has 484 valence electrons. The molecule has 0 saturated carbocycles. The molecule has 0 spiro atoms. The molecule has 0 bridgehead atoms. The number of aliphatic hydroxyl groups is 2. The van der Waals surface area contributed by atoms with E-state index in [4.69, 9.17) is 73.9 Å². The van der Waals surface area contributed by atoms with Crippen molar-refractivity contribution < 1.29 is 81.9 Å². The molecule has 0 radical (unpaired) electrons. The molecule has 9 N–H and O–H groups in total. The number of esters is 3. The highest BCUT2D eigenvalue weighted by atomic mass is 35.5. The first-order valence-electron chi connectivity index (χ1n) is 28.1. The number of aromatic nitrogens is 2. The highest BCUT2D eigenvalue weighted by molar-refractivity contribution is 6.49. The Bertz CT molecular complexity index is 3550. The maximum Gasteiger partial charge on any atom is 0.336 e. The lowest BCUT2D eigenvalue weighted by Crippen LogP contribution is -2.47. The Morgan fingerprint density at radius 2 is 1.20 bits per heavy atom. The van der Waals surface area contributed by atoms with Crippen molar-refractivity contribution in [2.45, 2.75) is 72.2 Å². The summed E-state index contributed by atoms with van der Waals surface area (Å²) in [4.78, 5) is 95.6. The second kappa shape index (κ2) is 36.8. The Morgan fingerprint density at radius 3 is 1.67 bits per heavy atom. The van der Waals surface area contributed by atoms with Gasteiger partial charge in [-0.1, -0.05) is 172 Å². The van der Waals surface area contributed by atoms with Crippen LogP contribution in [0.1, 0.15) is 70.3 Å². The number of carbonyl (C=O) groups is 7. The van der Waals surface area contributed by atoms with Crippen molar-refractivity contribution in [2.75, 3.05) is 32.6 Å². The van der Waals surface area contributed by atoms with Crippen molar-refractivity contribution in [1.82, 2.24) is 31.2 Å². The number of Topliss-reactive ketones (excluding diaryl/α,β-unsaturated/α-hetero) is 1. The van der Waals surface area contributed by atoms with Gasteiger partial charge in [-0.05, 0) is 81.0 Å². The van der Waals surface area contributed by atoms with Gasteiger partial charge in [-0.3, -0.25) is 39.6 Å². The van der Waals surface area contributed by atoms with Crippen LogP contribution in [-0.2, 0) is 46.5 Å². The van der Waals surface area contributed by atoms with Crippen LogP contribution in [0.4, 0.5) is 0 Å². The molecule has 0 aliphatic carbocycles. The lowest BCUT2D eigenvalue weighted by Gasteiger charge is -2.24. The summed E-state index contributed by atoms with van der Waals surface area (Å²) in [6, 6.07) is 38.9. The molecule has 25 nitrogen and oxygen atoms in total. The molecule has 2 amide bonds. The number of aromatic amines is 1. The summed E-state index contributed by atoms with van der Waals surface area (Å²) < 4.78 is 29.6. The second-order valence-corrected chi connectivity index (χ2v) is 22.0. The number of nitrogens with two attached hydrogens (primary N) is 1. The maximum atomic E-state index is 12.7. The largest absolute Gasteiger partial charge is 0.479 e. The van der Waals surface area contributed by atoms with E-state index in [0.29, 0.717) is 21.9 Å². The Kier molecular flexibility index (Phi) is 29.6. The fourth-order valence-electron chi connectivity index (χ4n) is 8.10. The second-order valence-electron chi connectivity index (χ2n) is 20.9. The number of nitrogens with one attached hydrogen (secondary N) is 3. The van der Waals surface area contributed by atoms with Gasteiger partial charge in [0.15, 0.2) is 30.7 Å². The van der Waals surface area contributed by atoms with Gasteiger partial charge in [0, 0.05) is 28.7 Å². The average Bonchev–Trinajstić information content (AvgIpc) is 3.64. The third kappa shape index (κ3) is 24.9. The molecule has 2 aromatic heterocycles. The third-order valence-electron chi connectivity index (χ3n) is 13.0. The van der Waals surface area contributed by atoms with Gasteiger partial charge in [-0.15, -0.1) is 0 Å². The highest BCUT2D eigenvalue weighted by Gasteiger charge is 2.28. The molecule has 7 aromatic rings. The standard InChI is InChI=1S/C28H24ClN3O7.C26H29ClN4O8.C8H16BClO3/c29-22-8-4-7-21(13-22)19-11-9-18(10-12-19)15-32(30-27(36)25-14-26(35)31-39-25)16-23(33)28(37)38-17-24(34)20-5-2-1-3-6-20;1-15(2)23(28)26(36)38-14-37-22-11-21(39-30-22)24(33)29-31(13-20(32)25(34)35)12-16-6-8-17(9-7-16)18-4-3-5-19(27)10-18;1-6(2)7(4-9(3)12)8(11)13-5-10/h1-14,23,33H,15-17H2,(H,30,36)(H,31,35);3-11,15,20,23,32H,12-14,28H2,1-2H3,(H,29,33)(H,34,35);6-7,12H,4-5H2,1-3H3/t23-;20-,23+;7-/m110/s1. The number of hydrogen-bond donors (Lipinski definition) is 8. The summed E-state index contributed by atoms with van der Waals surface area (Å²) in [5.74, 6) is -6.35. The molecule has 0 unspecified atom stereocenters. The number of halogens is 3. The fraction of sp³-hybridized carbons (Fsp3) is 0.306. The SMILES string of the molecule is CB(O)C[C@H](C(=O)OCCl)C(C)C.CC(C)[C@H](N)C(=O)OCOc1cc(C(=O)NN(Cc2ccc(-c3cccc(Cl)c3)cc2)C[C@@H](O)C(=O)O)on1.O=C(COC(=O)[C@H](O)CN(Cc1ccc(-c2cccc(Cl)c2)cc1)NC(=O)c1cc(=O)[nH]o1)c1ccccc1. The molecule has 0 aliphatic rings. The lowest BCUT2D eigenvalue weighted by atomic mass is 9.62. The summed E-state index contributed by atoms with van der Waals surface area (Å²) in [7, 11) is 0. The van der Waals surface area contributed by atoms with Crippen LogP contribution >= 0.6 is 34.8 Å². The van der Waals surface area contributed by atoms with Gasteiger partial charge in [0.25, 0.3) is 18.4 Å². The number of aliphatic hydroxyl groups excluding tert-OH is 2. The van der Waals surface area contributed by atoms with Gasteiger partial charge < -0.3 is 54.1 Å². The number of nitrogens with zero attached hydrogens (tertiary/aromatic N) is 3. The molecule has 4 atom stereocenters. The minimum Gasteiger partial charge on any atom is -0.479 e. The van der Waals surface area contributed by atoms with Gasteiger partial charge in [0.2, 0.25) is 18.3 Å². The predicted molar refractivity (Wildman–Crippen MR) is 335 cm³/mol. The third-order valence-corrected chi connectivity index (χ3v) is 13.6. The molecule has 29 heteroatoms. The maximum absolute atomic E-state index is 12.7. The normalized spacial score (nSPS) is 12.3. The van der Waals surface area contributed by atoms with Crippen LogP contribution < -0.4 is 26.9 Å². The Balaban J connectivity index is 0.000000277. The fourth-order valence-corrected chi connectivity index (χ4v) is 8.59. The summed E-state index contributed by atoms with van der Waals surface area (Å²) >= 11 is 17.4. The topological polar surface area (TPSA) is 366 Å². The van der Waals surface area contributed by atoms with E-state index in [1.54, 1.807) is 75.3 Å². The molecule has 0 saturated heterocycles. The first-order valence-corrected chi connectivity index (χ1v) is 29.4. The van der Waals surface area contributed by atoms with Crippen LogP contribution in [0.15, 0.2) is 153 Å². The average molecular weight is 1320 g/mol. The van der Waals surface area contributed by atoms with Crippen LogP contribution in [0.25, 0.3) is 22.3 Å². The monoisotopic (exact) mass is 1320 g/mol.